The molecule has 0 radical (unpaired) electrons. The lowest BCUT2D eigenvalue weighted by Crippen LogP contribution is -2.40. The molecule has 2 fully saturated rings. The zero-order valence-corrected chi connectivity index (χ0v) is 16.0. The Morgan fingerprint density at radius 3 is 2.48 bits per heavy atom. The molecule has 1 saturated heterocycles. The Morgan fingerprint density at radius 1 is 1.20 bits per heavy atom. The molecule has 1 aromatic carbocycles. The van der Waals surface area contributed by atoms with E-state index >= 15 is 0 Å². The standard InChI is InChI=1S/C18H24FN3OS.ClH/c1-22-16(17(23)20-15-10-8-13(19)9-11-15)12-24-18(22)21-14-6-4-2-3-5-7-14;/h8-11,14,16H,2-7,12H2,1H3,(H,20,23);1H. The molecule has 138 valence electrons. The van der Waals surface area contributed by atoms with E-state index in [0.29, 0.717) is 17.5 Å². The quantitative estimate of drug-likeness (QED) is 0.788. The van der Waals surface area contributed by atoms with Crippen molar-refractivity contribution < 1.29 is 9.18 Å². The molecule has 0 aromatic heterocycles. The van der Waals surface area contributed by atoms with Gasteiger partial charge in [-0.15, -0.1) is 12.4 Å². The molecule has 1 aliphatic carbocycles. The van der Waals surface area contributed by atoms with Gasteiger partial charge in [0, 0.05) is 18.5 Å². The van der Waals surface area contributed by atoms with Gasteiger partial charge in [-0.25, -0.2) is 4.39 Å². The van der Waals surface area contributed by atoms with Gasteiger partial charge in [-0.3, -0.25) is 9.79 Å². The Hall–Kier alpha value is -1.27. The van der Waals surface area contributed by atoms with Gasteiger partial charge in [-0.05, 0) is 37.1 Å². The summed E-state index contributed by atoms with van der Waals surface area (Å²) < 4.78 is 12.9. The number of amidine groups is 1. The van der Waals surface area contributed by atoms with Gasteiger partial charge in [-0.1, -0.05) is 37.4 Å². The molecule has 1 heterocycles. The summed E-state index contributed by atoms with van der Waals surface area (Å²) in [5.74, 6) is 0.330. The van der Waals surface area contributed by atoms with Gasteiger partial charge in [0.05, 0.1) is 6.04 Å². The number of hydrogen-bond donors (Lipinski definition) is 1. The van der Waals surface area contributed by atoms with Gasteiger partial charge in [0.2, 0.25) is 5.91 Å². The molecule has 1 amide bonds. The van der Waals surface area contributed by atoms with Crippen molar-refractivity contribution in [3.8, 4) is 0 Å². The lowest BCUT2D eigenvalue weighted by molar-refractivity contribution is -0.118. The normalized spacial score (nSPS) is 23.2. The van der Waals surface area contributed by atoms with Crippen LogP contribution in [0.3, 0.4) is 0 Å². The van der Waals surface area contributed by atoms with Crippen molar-refractivity contribution in [2.75, 3.05) is 18.1 Å². The number of halogens is 2. The van der Waals surface area contributed by atoms with Crippen LogP contribution in [0.4, 0.5) is 10.1 Å². The first kappa shape index (κ1) is 20.0. The average molecular weight is 386 g/mol. The zero-order chi connectivity index (χ0) is 16.9. The molecule has 1 aliphatic heterocycles. The fraction of sp³-hybridized carbons (Fsp3) is 0.556. The molecule has 1 aromatic rings. The second-order valence-corrected chi connectivity index (χ2v) is 7.48. The third-order valence-corrected chi connectivity index (χ3v) is 5.81. The predicted molar refractivity (Wildman–Crippen MR) is 105 cm³/mol. The summed E-state index contributed by atoms with van der Waals surface area (Å²) in [5, 5.41) is 3.83. The van der Waals surface area contributed by atoms with Gasteiger partial charge in [0.25, 0.3) is 0 Å². The van der Waals surface area contributed by atoms with Crippen molar-refractivity contribution in [3.63, 3.8) is 0 Å². The maximum Gasteiger partial charge on any atom is 0.248 e. The summed E-state index contributed by atoms with van der Waals surface area (Å²) >= 11 is 1.66. The summed E-state index contributed by atoms with van der Waals surface area (Å²) in [4.78, 5) is 19.4. The smallest absolute Gasteiger partial charge is 0.248 e. The molecule has 0 bridgehead atoms. The summed E-state index contributed by atoms with van der Waals surface area (Å²) in [6, 6.07) is 6.02. The monoisotopic (exact) mass is 385 g/mol. The van der Waals surface area contributed by atoms with Crippen molar-refractivity contribution >= 4 is 40.9 Å². The maximum absolute atomic E-state index is 12.9. The summed E-state index contributed by atoms with van der Waals surface area (Å²) in [7, 11) is 1.93. The molecule has 1 atom stereocenters. The third-order valence-electron chi connectivity index (χ3n) is 4.67. The fourth-order valence-electron chi connectivity index (χ4n) is 3.18. The van der Waals surface area contributed by atoms with E-state index in [9.17, 15) is 9.18 Å². The van der Waals surface area contributed by atoms with Gasteiger partial charge >= 0.3 is 0 Å². The van der Waals surface area contributed by atoms with E-state index in [2.05, 4.69) is 5.32 Å². The van der Waals surface area contributed by atoms with Crippen LogP contribution in [0.2, 0.25) is 0 Å². The molecule has 1 unspecified atom stereocenters. The average Bonchev–Trinajstić information content (AvgIpc) is 2.77. The number of likely N-dealkylation sites (N-methyl/N-ethyl adjacent to an activating group) is 1. The van der Waals surface area contributed by atoms with Crippen LogP contribution in [0.5, 0.6) is 0 Å². The van der Waals surface area contributed by atoms with Crippen LogP contribution in [0, 0.1) is 5.82 Å². The molecule has 1 saturated carbocycles. The molecule has 0 spiro atoms. The first-order chi connectivity index (χ1) is 11.6. The molecular formula is C18H25ClFN3OS. The van der Waals surface area contributed by atoms with Crippen LogP contribution in [-0.4, -0.2) is 40.9 Å². The van der Waals surface area contributed by atoms with Gasteiger partial charge in [0.1, 0.15) is 11.9 Å². The molecule has 4 nitrogen and oxygen atoms in total. The predicted octanol–water partition coefficient (Wildman–Crippen LogP) is 4.31. The highest BCUT2D eigenvalue weighted by molar-refractivity contribution is 8.14. The van der Waals surface area contributed by atoms with Gasteiger partial charge in [-0.2, -0.15) is 0 Å². The van der Waals surface area contributed by atoms with Crippen LogP contribution in [-0.2, 0) is 4.79 Å². The van der Waals surface area contributed by atoms with Crippen molar-refractivity contribution in [2.45, 2.75) is 50.6 Å². The molecule has 3 rings (SSSR count). The van der Waals surface area contributed by atoms with Crippen LogP contribution in [0.25, 0.3) is 0 Å². The highest BCUT2D eigenvalue weighted by Gasteiger charge is 2.33. The summed E-state index contributed by atoms with van der Waals surface area (Å²) in [5.41, 5.74) is 0.619. The number of nitrogens with zero attached hydrogens (tertiary/aromatic N) is 2. The number of thioether (sulfide) groups is 1. The Balaban J connectivity index is 0.00000225. The van der Waals surface area contributed by atoms with E-state index in [1.807, 2.05) is 11.9 Å². The number of carbonyl (C=O) groups is 1. The highest BCUT2D eigenvalue weighted by atomic mass is 35.5. The molecular weight excluding hydrogens is 361 g/mol. The van der Waals surface area contributed by atoms with E-state index < -0.39 is 0 Å². The van der Waals surface area contributed by atoms with Crippen LogP contribution in [0.15, 0.2) is 29.3 Å². The largest absolute Gasteiger partial charge is 0.342 e. The molecule has 1 N–H and O–H groups in total. The maximum atomic E-state index is 12.9. The van der Waals surface area contributed by atoms with Gasteiger partial charge in [0.15, 0.2) is 5.17 Å². The first-order valence-corrected chi connectivity index (χ1v) is 9.62. The number of rotatable bonds is 3. The Bertz CT molecular complexity index is 603. The number of aliphatic imine (C=N–C) groups is 1. The van der Waals surface area contributed by atoms with E-state index in [1.54, 1.807) is 23.9 Å². The highest BCUT2D eigenvalue weighted by Crippen LogP contribution is 2.27. The Kier molecular flexibility index (Phi) is 7.56. The summed E-state index contributed by atoms with van der Waals surface area (Å²) in [6.07, 6.45) is 7.45. The minimum Gasteiger partial charge on any atom is -0.342 e. The van der Waals surface area contributed by atoms with Crippen molar-refractivity contribution in [3.05, 3.63) is 30.1 Å². The van der Waals surface area contributed by atoms with Crippen LogP contribution >= 0.6 is 24.2 Å². The van der Waals surface area contributed by atoms with Crippen LogP contribution < -0.4 is 5.32 Å². The molecule has 25 heavy (non-hydrogen) atoms. The molecule has 7 heteroatoms. The zero-order valence-electron chi connectivity index (χ0n) is 14.4. The fourth-order valence-corrected chi connectivity index (χ4v) is 4.42. The van der Waals surface area contributed by atoms with Crippen molar-refractivity contribution in [1.29, 1.82) is 0 Å². The van der Waals surface area contributed by atoms with E-state index in [-0.39, 0.29) is 30.2 Å². The number of anilines is 1. The van der Waals surface area contributed by atoms with Crippen molar-refractivity contribution in [1.82, 2.24) is 4.90 Å². The topological polar surface area (TPSA) is 44.7 Å². The lowest BCUT2D eigenvalue weighted by Gasteiger charge is -2.21. The van der Waals surface area contributed by atoms with Gasteiger partial charge < -0.3 is 10.2 Å². The second kappa shape index (κ2) is 9.43. The Labute approximate surface area is 159 Å². The lowest BCUT2D eigenvalue weighted by atomic mass is 10.1. The second-order valence-electron chi connectivity index (χ2n) is 6.49. The van der Waals surface area contributed by atoms with Crippen LogP contribution in [0.1, 0.15) is 38.5 Å². The summed E-state index contributed by atoms with van der Waals surface area (Å²) in [6.45, 7) is 0. The third kappa shape index (κ3) is 5.35. The number of hydrogen-bond acceptors (Lipinski definition) is 3. The first-order valence-electron chi connectivity index (χ1n) is 8.63. The molecule has 2 aliphatic rings. The SMILES string of the molecule is CN1C(=NC2CCCCCC2)SCC1C(=O)Nc1ccc(F)cc1.Cl. The number of carbonyl (C=O) groups excluding carboxylic acids is 1. The number of nitrogens with one attached hydrogen (secondary N) is 1. The van der Waals surface area contributed by atoms with E-state index in [4.69, 9.17) is 4.99 Å². The number of amides is 1. The van der Waals surface area contributed by atoms with Crippen molar-refractivity contribution in [2.24, 2.45) is 4.99 Å². The van der Waals surface area contributed by atoms with E-state index in [0.717, 1.165) is 18.0 Å². The Morgan fingerprint density at radius 2 is 1.84 bits per heavy atom. The number of benzene rings is 1. The minimum absolute atomic E-state index is 0. The minimum atomic E-state index is -0.306. The van der Waals surface area contributed by atoms with E-state index in [1.165, 1.54) is 37.8 Å².